The van der Waals surface area contributed by atoms with Crippen LogP contribution in [0.5, 0.6) is 0 Å². The van der Waals surface area contributed by atoms with E-state index in [4.69, 9.17) is 4.74 Å². The highest BCUT2D eigenvalue weighted by molar-refractivity contribution is 5.74. The summed E-state index contributed by atoms with van der Waals surface area (Å²) in [6, 6.07) is 8.62. The van der Waals surface area contributed by atoms with Gasteiger partial charge in [0, 0.05) is 6.04 Å². The van der Waals surface area contributed by atoms with E-state index < -0.39 is 0 Å². The molecular formula is C17H25N3O. The first kappa shape index (κ1) is 14.5. The number of imidazole rings is 1. The van der Waals surface area contributed by atoms with Crippen LogP contribution in [0.3, 0.4) is 0 Å². The fourth-order valence-corrected chi connectivity index (χ4v) is 3.38. The highest BCUT2D eigenvalue weighted by atomic mass is 16.5. The van der Waals surface area contributed by atoms with E-state index >= 15 is 0 Å². The molecule has 0 saturated carbocycles. The maximum Gasteiger partial charge on any atom is 0.124 e. The quantitative estimate of drug-likeness (QED) is 0.907. The molecule has 1 aliphatic heterocycles. The van der Waals surface area contributed by atoms with Crippen molar-refractivity contribution >= 4 is 11.0 Å². The van der Waals surface area contributed by atoms with Crippen LogP contribution in [0.25, 0.3) is 11.0 Å². The maximum absolute atomic E-state index is 6.15. The van der Waals surface area contributed by atoms with Crippen molar-refractivity contribution in [1.29, 1.82) is 0 Å². The van der Waals surface area contributed by atoms with E-state index in [1.165, 1.54) is 0 Å². The van der Waals surface area contributed by atoms with Gasteiger partial charge in [0.2, 0.25) is 0 Å². The molecule has 4 heteroatoms. The Labute approximate surface area is 126 Å². The Hall–Kier alpha value is -1.39. The lowest BCUT2D eigenvalue weighted by Crippen LogP contribution is -2.44. The molecule has 1 saturated heterocycles. The van der Waals surface area contributed by atoms with Gasteiger partial charge in [-0.05, 0) is 53.2 Å². The third-order valence-electron chi connectivity index (χ3n) is 4.34. The number of fused-ring (bicyclic) bond motifs is 1. The first-order valence-electron chi connectivity index (χ1n) is 7.68. The van der Waals surface area contributed by atoms with Crippen molar-refractivity contribution in [2.75, 3.05) is 0 Å². The molecule has 1 aliphatic rings. The van der Waals surface area contributed by atoms with Gasteiger partial charge in [-0.1, -0.05) is 12.1 Å². The van der Waals surface area contributed by atoms with Crippen LogP contribution >= 0.6 is 0 Å². The summed E-state index contributed by atoms with van der Waals surface area (Å²) in [5.41, 5.74) is 1.87. The Morgan fingerprint density at radius 1 is 1.29 bits per heavy atom. The minimum Gasteiger partial charge on any atom is -0.368 e. The van der Waals surface area contributed by atoms with E-state index in [-0.39, 0.29) is 17.2 Å². The Kier molecular flexibility index (Phi) is 3.34. The number of nitrogens with one attached hydrogen (secondary N) is 2. The van der Waals surface area contributed by atoms with Crippen LogP contribution in [-0.4, -0.2) is 27.2 Å². The van der Waals surface area contributed by atoms with Crippen LogP contribution in [0.1, 0.15) is 52.9 Å². The zero-order valence-electron chi connectivity index (χ0n) is 13.5. The number of nitrogens with zero attached hydrogens (tertiary/aromatic N) is 1. The zero-order valence-corrected chi connectivity index (χ0v) is 13.5. The Balaban J connectivity index is 1.78. The number of benzene rings is 1. The SMILES string of the molecule is CC(NC1CC(C)(C)OC1(C)C)c1nc2ccccc2[nH]1. The molecular weight excluding hydrogens is 262 g/mol. The highest BCUT2D eigenvalue weighted by Crippen LogP contribution is 2.38. The minimum atomic E-state index is -0.163. The average molecular weight is 287 g/mol. The van der Waals surface area contributed by atoms with E-state index in [2.05, 4.69) is 56.0 Å². The van der Waals surface area contributed by atoms with Gasteiger partial charge in [0.25, 0.3) is 0 Å². The summed E-state index contributed by atoms with van der Waals surface area (Å²) in [6.07, 6.45) is 1.00. The second-order valence-corrected chi connectivity index (χ2v) is 7.25. The molecule has 1 aromatic heterocycles. The maximum atomic E-state index is 6.15. The third kappa shape index (κ3) is 2.83. The number of ether oxygens (including phenoxy) is 1. The summed E-state index contributed by atoms with van der Waals surface area (Å²) >= 11 is 0. The van der Waals surface area contributed by atoms with Crippen molar-refractivity contribution in [2.45, 2.75) is 64.3 Å². The Bertz CT molecular complexity index is 611. The molecule has 114 valence electrons. The zero-order chi connectivity index (χ0) is 15.3. The van der Waals surface area contributed by atoms with Crippen LogP contribution < -0.4 is 5.32 Å². The second-order valence-electron chi connectivity index (χ2n) is 7.25. The lowest BCUT2D eigenvalue weighted by atomic mass is 9.94. The van der Waals surface area contributed by atoms with Crippen LogP contribution in [0.15, 0.2) is 24.3 Å². The van der Waals surface area contributed by atoms with Gasteiger partial charge in [-0.2, -0.15) is 0 Å². The smallest absolute Gasteiger partial charge is 0.124 e. The number of aromatic amines is 1. The predicted octanol–water partition coefficient (Wildman–Crippen LogP) is 3.56. The molecule has 4 nitrogen and oxygen atoms in total. The minimum absolute atomic E-state index is 0.0746. The molecule has 2 heterocycles. The third-order valence-corrected chi connectivity index (χ3v) is 4.34. The molecule has 3 rings (SSSR count). The summed E-state index contributed by atoms with van der Waals surface area (Å²) in [4.78, 5) is 8.08. The molecule has 0 radical (unpaired) electrons. The van der Waals surface area contributed by atoms with Crippen molar-refractivity contribution in [1.82, 2.24) is 15.3 Å². The van der Waals surface area contributed by atoms with Gasteiger partial charge >= 0.3 is 0 Å². The number of hydrogen-bond donors (Lipinski definition) is 2. The van der Waals surface area contributed by atoms with Gasteiger partial charge in [0.05, 0.1) is 28.3 Å². The first-order chi connectivity index (χ1) is 9.77. The highest BCUT2D eigenvalue weighted by Gasteiger charge is 2.46. The van der Waals surface area contributed by atoms with Gasteiger partial charge in [-0.25, -0.2) is 4.98 Å². The number of aromatic nitrogens is 2. The standard InChI is InChI=1S/C17H25N3O/c1-11(15-19-12-8-6-7-9-13(12)20-15)18-14-10-16(2,3)21-17(14,4)5/h6-9,11,14,18H,10H2,1-5H3,(H,19,20). The van der Waals surface area contributed by atoms with E-state index in [0.717, 1.165) is 23.3 Å². The molecule has 21 heavy (non-hydrogen) atoms. The van der Waals surface area contributed by atoms with Crippen molar-refractivity contribution < 1.29 is 4.74 Å². The number of hydrogen-bond acceptors (Lipinski definition) is 3. The van der Waals surface area contributed by atoms with Crippen LogP contribution in [0.4, 0.5) is 0 Å². The summed E-state index contributed by atoms with van der Waals surface area (Å²) in [5, 5.41) is 3.68. The van der Waals surface area contributed by atoms with Crippen molar-refractivity contribution in [3.05, 3.63) is 30.1 Å². The fraction of sp³-hybridized carbons (Fsp3) is 0.588. The van der Waals surface area contributed by atoms with Crippen molar-refractivity contribution in [3.8, 4) is 0 Å². The molecule has 0 bridgehead atoms. The molecule has 0 spiro atoms. The topological polar surface area (TPSA) is 49.9 Å². The van der Waals surface area contributed by atoms with Crippen molar-refractivity contribution in [3.63, 3.8) is 0 Å². The van der Waals surface area contributed by atoms with Crippen LogP contribution in [0, 0.1) is 0 Å². The van der Waals surface area contributed by atoms with Gasteiger partial charge in [0.15, 0.2) is 0 Å². The number of rotatable bonds is 3. The Morgan fingerprint density at radius 3 is 2.62 bits per heavy atom. The normalized spacial score (nSPS) is 25.3. The molecule has 2 atom stereocenters. The van der Waals surface area contributed by atoms with Gasteiger partial charge < -0.3 is 15.0 Å². The summed E-state index contributed by atoms with van der Waals surface area (Å²) in [7, 11) is 0. The largest absolute Gasteiger partial charge is 0.368 e. The molecule has 2 N–H and O–H groups in total. The van der Waals surface area contributed by atoms with E-state index in [1.54, 1.807) is 0 Å². The Morgan fingerprint density at radius 2 is 2.00 bits per heavy atom. The molecule has 2 unspecified atom stereocenters. The lowest BCUT2D eigenvalue weighted by Gasteiger charge is -2.29. The summed E-state index contributed by atoms with van der Waals surface area (Å²) in [5.74, 6) is 0.983. The van der Waals surface area contributed by atoms with E-state index in [1.807, 2.05) is 18.2 Å². The first-order valence-corrected chi connectivity index (χ1v) is 7.68. The van der Waals surface area contributed by atoms with Crippen LogP contribution in [0.2, 0.25) is 0 Å². The number of H-pyrrole nitrogens is 1. The molecule has 0 aliphatic carbocycles. The van der Waals surface area contributed by atoms with Gasteiger partial charge in [-0.15, -0.1) is 0 Å². The average Bonchev–Trinajstić information content (AvgIpc) is 2.87. The van der Waals surface area contributed by atoms with Gasteiger partial charge in [-0.3, -0.25) is 0 Å². The van der Waals surface area contributed by atoms with E-state index in [0.29, 0.717) is 6.04 Å². The second kappa shape index (κ2) is 4.82. The predicted molar refractivity (Wildman–Crippen MR) is 85.3 cm³/mol. The molecule has 1 aromatic carbocycles. The van der Waals surface area contributed by atoms with Crippen LogP contribution in [-0.2, 0) is 4.74 Å². The summed E-state index contributed by atoms with van der Waals surface area (Å²) < 4.78 is 6.15. The monoisotopic (exact) mass is 287 g/mol. The summed E-state index contributed by atoms with van der Waals surface area (Å²) in [6.45, 7) is 10.8. The lowest BCUT2D eigenvalue weighted by molar-refractivity contribution is -0.0704. The van der Waals surface area contributed by atoms with Crippen molar-refractivity contribution in [2.24, 2.45) is 0 Å². The van der Waals surface area contributed by atoms with E-state index in [9.17, 15) is 0 Å². The molecule has 1 fully saturated rings. The molecule has 2 aromatic rings. The molecule has 0 amide bonds. The fourth-order valence-electron chi connectivity index (χ4n) is 3.38. The number of para-hydroxylation sites is 2. The van der Waals surface area contributed by atoms with Gasteiger partial charge in [0.1, 0.15) is 5.82 Å².